The minimum atomic E-state index is -0.254. The van der Waals surface area contributed by atoms with Crippen molar-refractivity contribution in [1.29, 1.82) is 0 Å². The molecule has 0 saturated carbocycles. The van der Waals surface area contributed by atoms with Gasteiger partial charge in [0.1, 0.15) is 0 Å². The Balaban J connectivity index is 1.84. The van der Waals surface area contributed by atoms with Gasteiger partial charge in [0.25, 0.3) is 0 Å². The van der Waals surface area contributed by atoms with Crippen molar-refractivity contribution in [3.05, 3.63) is 21.9 Å². The summed E-state index contributed by atoms with van der Waals surface area (Å²) >= 11 is 3.11. The fourth-order valence-electron chi connectivity index (χ4n) is 2.16. The molecule has 1 atom stereocenters. The number of esters is 1. The molecule has 110 valence electrons. The Morgan fingerprint density at radius 2 is 2.35 bits per heavy atom. The summed E-state index contributed by atoms with van der Waals surface area (Å²) in [5.74, 6) is 0.0882. The number of hydrogen-bond donors (Lipinski definition) is 0. The van der Waals surface area contributed by atoms with Crippen LogP contribution in [0.2, 0.25) is 0 Å². The average Bonchev–Trinajstić information content (AvgIpc) is 2.91. The number of carbonyl (C=O) groups excluding carboxylic acids is 2. The second-order valence-corrected chi connectivity index (χ2v) is 6.97. The normalized spacial score (nSPS) is 15.6. The zero-order chi connectivity index (χ0) is 14.5. The maximum atomic E-state index is 12.4. The molecule has 0 N–H and O–H groups in total. The largest absolute Gasteiger partial charge is 0.465 e. The zero-order valence-corrected chi connectivity index (χ0v) is 13.4. The highest BCUT2D eigenvalue weighted by Gasteiger charge is 2.25. The van der Waals surface area contributed by atoms with E-state index in [1.807, 2.05) is 11.8 Å². The lowest BCUT2D eigenvalue weighted by molar-refractivity contribution is -0.139. The summed E-state index contributed by atoms with van der Waals surface area (Å²) < 4.78 is 4.87. The fraction of sp³-hybridized carbons (Fsp3) is 0.571. The maximum Gasteiger partial charge on any atom is 0.315 e. The predicted molar refractivity (Wildman–Crippen MR) is 82.0 cm³/mol. The van der Waals surface area contributed by atoms with Gasteiger partial charge in [-0.05, 0) is 37.3 Å². The lowest BCUT2D eigenvalue weighted by Crippen LogP contribution is -2.40. The fourth-order valence-corrected chi connectivity index (χ4v) is 3.81. The molecule has 1 aliphatic rings. The SMILES string of the molecule is CCOC(=O)CSC(C)C(=O)N1CCc2sccc2C1. The number of fused-ring (bicyclic) bond motifs is 1. The van der Waals surface area contributed by atoms with Gasteiger partial charge in [0.2, 0.25) is 5.91 Å². The number of hydrogen-bond acceptors (Lipinski definition) is 5. The van der Waals surface area contributed by atoms with E-state index in [1.165, 1.54) is 22.2 Å². The van der Waals surface area contributed by atoms with Gasteiger partial charge in [-0.25, -0.2) is 0 Å². The van der Waals surface area contributed by atoms with Crippen LogP contribution in [0.3, 0.4) is 0 Å². The van der Waals surface area contributed by atoms with Gasteiger partial charge in [0, 0.05) is 18.0 Å². The molecule has 0 bridgehead atoms. The molecule has 1 aliphatic heterocycles. The van der Waals surface area contributed by atoms with Crippen LogP contribution in [0.15, 0.2) is 11.4 Å². The van der Waals surface area contributed by atoms with Gasteiger partial charge in [0.05, 0.1) is 17.6 Å². The number of ether oxygens (including phenoxy) is 1. The van der Waals surface area contributed by atoms with E-state index in [9.17, 15) is 9.59 Å². The first-order valence-corrected chi connectivity index (χ1v) is 8.66. The minimum Gasteiger partial charge on any atom is -0.465 e. The molecule has 0 radical (unpaired) electrons. The highest BCUT2D eigenvalue weighted by atomic mass is 32.2. The smallest absolute Gasteiger partial charge is 0.315 e. The average molecular weight is 313 g/mol. The standard InChI is InChI=1S/C14H19NO3S2/c1-3-18-13(16)9-20-10(2)14(17)15-6-4-12-11(8-15)5-7-19-12/h5,7,10H,3-4,6,8-9H2,1-2H3. The molecule has 1 amide bonds. The molecule has 0 saturated heterocycles. The van der Waals surface area contributed by atoms with E-state index in [2.05, 4.69) is 11.4 Å². The highest BCUT2D eigenvalue weighted by Crippen LogP contribution is 2.25. The molecule has 0 fully saturated rings. The summed E-state index contributed by atoms with van der Waals surface area (Å²) in [6, 6.07) is 2.09. The number of thiophene rings is 1. The summed E-state index contributed by atoms with van der Waals surface area (Å²) in [4.78, 5) is 26.9. The number of carbonyl (C=O) groups is 2. The summed E-state index contributed by atoms with van der Waals surface area (Å²) in [6.07, 6.45) is 0.938. The van der Waals surface area contributed by atoms with Crippen LogP contribution in [0, 0.1) is 0 Å². The molecule has 0 spiro atoms. The Morgan fingerprint density at radius 3 is 3.10 bits per heavy atom. The lowest BCUT2D eigenvalue weighted by atomic mass is 10.1. The molecular formula is C14H19NO3S2. The van der Waals surface area contributed by atoms with E-state index in [0.29, 0.717) is 13.2 Å². The van der Waals surface area contributed by atoms with E-state index in [1.54, 1.807) is 18.3 Å². The number of amides is 1. The molecular weight excluding hydrogens is 294 g/mol. The lowest BCUT2D eigenvalue weighted by Gasteiger charge is -2.29. The van der Waals surface area contributed by atoms with Crippen molar-refractivity contribution >= 4 is 35.0 Å². The van der Waals surface area contributed by atoms with Crippen LogP contribution in [0.5, 0.6) is 0 Å². The summed E-state index contributed by atoms with van der Waals surface area (Å²) in [7, 11) is 0. The minimum absolute atomic E-state index is 0.108. The van der Waals surface area contributed by atoms with Gasteiger partial charge in [-0.2, -0.15) is 0 Å². The Hall–Kier alpha value is -1.01. The first-order chi connectivity index (χ1) is 9.61. The first-order valence-electron chi connectivity index (χ1n) is 6.73. The molecule has 1 aromatic rings. The molecule has 2 heterocycles. The van der Waals surface area contributed by atoms with Crippen molar-refractivity contribution in [2.45, 2.75) is 32.1 Å². The third-order valence-electron chi connectivity index (χ3n) is 3.22. The summed E-state index contributed by atoms with van der Waals surface area (Å²) in [6.45, 7) is 5.49. The Kier molecular flexibility index (Phi) is 5.48. The highest BCUT2D eigenvalue weighted by molar-refractivity contribution is 8.01. The number of thioether (sulfide) groups is 1. The van der Waals surface area contributed by atoms with E-state index in [4.69, 9.17) is 4.74 Å². The van der Waals surface area contributed by atoms with Crippen LogP contribution in [-0.4, -0.2) is 40.9 Å². The van der Waals surface area contributed by atoms with Crippen LogP contribution >= 0.6 is 23.1 Å². The van der Waals surface area contributed by atoms with Gasteiger partial charge < -0.3 is 9.64 Å². The zero-order valence-electron chi connectivity index (χ0n) is 11.8. The number of rotatable bonds is 5. The maximum absolute atomic E-state index is 12.4. The Morgan fingerprint density at radius 1 is 1.55 bits per heavy atom. The number of nitrogens with zero attached hydrogens (tertiary/aromatic N) is 1. The second kappa shape index (κ2) is 7.13. The molecule has 1 unspecified atom stereocenters. The first kappa shape index (κ1) is 15.4. The predicted octanol–water partition coefficient (Wildman–Crippen LogP) is 2.32. The van der Waals surface area contributed by atoms with Crippen LogP contribution < -0.4 is 0 Å². The van der Waals surface area contributed by atoms with Gasteiger partial charge in [-0.15, -0.1) is 23.1 Å². The van der Waals surface area contributed by atoms with Crippen molar-refractivity contribution < 1.29 is 14.3 Å². The van der Waals surface area contributed by atoms with Gasteiger partial charge in [0.15, 0.2) is 0 Å². The van der Waals surface area contributed by atoms with Crippen molar-refractivity contribution in [3.8, 4) is 0 Å². The molecule has 6 heteroatoms. The summed E-state index contributed by atoms with van der Waals surface area (Å²) in [5.41, 5.74) is 1.26. The van der Waals surface area contributed by atoms with Crippen LogP contribution in [-0.2, 0) is 27.3 Å². The van der Waals surface area contributed by atoms with E-state index in [-0.39, 0.29) is 22.9 Å². The topological polar surface area (TPSA) is 46.6 Å². The van der Waals surface area contributed by atoms with Crippen LogP contribution in [0.4, 0.5) is 0 Å². The van der Waals surface area contributed by atoms with Crippen molar-refractivity contribution in [2.24, 2.45) is 0 Å². The Bertz CT molecular complexity index is 487. The third-order valence-corrected chi connectivity index (χ3v) is 5.35. The van der Waals surface area contributed by atoms with Crippen LogP contribution in [0.1, 0.15) is 24.3 Å². The van der Waals surface area contributed by atoms with Crippen molar-refractivity contribution in [1.82, 2.24) is 4.90 Å². The molecule has 2 rings (SSSR count). The molecule has 0 aliphatic carbocycles. The quantitative estimate of drug-likeness (QED) is 0.783. The van der Waals surface area contributed by atoms with Crippen molar-refractivity contribution in [3.63, 3.8) is 0 Å². The van der Waals surface area contributed by atoms with Gasteiger partial charge in [-0.1, -0.05) is 0 Å². The molecule has 0 aromatic carbocycles. The van der Waals surface area contributed by atoms with Crippen molar-refractivity contribution in [2.75, 3.05) is 18.9 Å². The third kappa shape index (κ3) is 3.76. The summed E-state index contributed by atoms with van der Waals surface area (Å²) in [5, 5.41) is 1.87. The van der Waals surface area contributed by atoms with Gasteiger partial charge >= 0.3 is 5.97 Å². The molecule has 4 nitrogen and oxygen atoms in total. The van der Waals surface area contributed by atoms with E-state index in [0.717, 1.165) is 13.0 Å². The van der Waals surface area contributed by atoms with E-state index < -0.39 is 0 Å². The molecule has 20 heavy (non-hydrogen) atoms. The molecule has 1 aromatic heterocycles. The van der Waals surface area contributed by atoms with E-state index >= 15 is 0 Å². The van der Waals surface area contributed by atoms with Gasteiger partial charge in [-0.3, -0.25) is 9.59 Å². The monoisotopic (exact) mass is 313 g/mol. The second-order valence-electron chi connectivity index (χ2n) is 4.64. The Labute approximate surface area is 127 Å². The van der Waals surface area contributed by atoms with Crippen LogP contribution in [0.25, 0.3) is 0 Å².